The molecule has 1 amide bonds. The van der Waals surface area contributed by atoms with Crippen LogP contribution < -0.4 is 5.73 Å². The average molecular weight is 267 g/mol. The normalized spacial score (nSPS) is 18.9. The fraction of sp³-hybridized carbons (Fsp3) is 0.615. The standard InChI is InChI=1S/C13H21N3OS/c1-11(10-14)15-4-6-16(7-5-15)13(17)9-12-3-2-8-18-12/h2-3,8,11H,4-7,9-10,14H2,1H3. The molecule has 0 aliphatic carbocycles. The monoisotopic (exact) mass is 267 g/mol. The molecule has 2 rings (SSSR count). The Labute approximate surface area is 112 Å². The molecule has 1 fully saturated rings. The van der Waals surface area contributed by atoms with Gasteiger partial charge in [0.05, 0.1) is 6.42 Å². The van der Waals surface area contributed by atoms with Gasteiger partial charge in [0.1, 0.15) is 0 Å². The number of carbonyl (C=O) groups is 1. The van der Waals surface area contributed by atoms with Gasteiger partial charge in [-0.3, -0.25) is 9.69 Å². The van der Waals surface area contributed by atoms with E-state index in [1.165, 1.54) is 0 Å². The highest BCUT2D eigenvalue weighted by Crippen LogP contribution is 2.12. The highest BCUT2D eigenvalue weighted by molar-refractivity contribution is 7.10. The van der Waals surface area contributed by atoms with E-state index in [9.17, 15) is 4.79 Å². The van der Waals surface area contributed by atoms with Gasteiger partial charge in [-0.15, -0.1) is 11.3 Å². The first kappa shape index (κ1) is 13.5. The Bertz CT molecular complexity index is 372. The van der Waals surface area contributed by atoms with Crippen LogP contribution in [0.25, 0.3) is 0 Å². The minimum Gasteiger partial charge on any atom is -0.340 e. The molecule has 1 aromatic rings. The van der Waals surface area contributed by atoms with E-state index in [0.717, 1.165) is 31.1 Å². The van der Waals surface area contributed by atoms with E-state index in [4.69, 9.17) is 5.73 Å². The lowest BCUT2D eigenvalue weighted by atomic mass is 10.2. The van der Waals surface area contributed by atoms with Crippen LogP contribution in [0.1, 0.15) is 11.8 Å². The molecule has 5 heteroatoms. The minimum atomic E-state index is 0.248. The summed E-state index contributed by atoms with van der Waals surface area (Å²) in [6.45, 7) is 6.36. The van der Waals surface area contributed by atoms with Crippen molar-refractivity contribution >= 4 is 17.2 Å². The first-order chi connectivity index (χ1) is 8.70. The number of amides is 1. The SMILES string of the molecule is CC(CN)N1CCN(C(=O)Cc2cccs2)CC1. The maximum Gasteiger partial charge on any atom is 0.227 e. The van der Waals surface area contributed by atoms with E-state index < -0.39 is 0 Å². The highest BCUT2D eigenvalue weighted by Gasteiger charge is 2.23. The van der Waals surface area contributed by atoms with Gasteiger partial charge in [-0.25, -0.2) is 0 Å². The third-order valence-corrected chi connectivity index (χ3v) is 4.41. The van der Waals surface area contributed by atoms with E-state index in [1.54, 1.807) is 11.3 Å². The van der Waals surface area contributed by atoms with Gasteiger partial charge in [0, 0.05) is 43.6 Å². The van der Waals surface area contributed by atoms with E-state index in [2.05, 4.69) is 11.8 Å². The third kappa shape index (κ3) is 3.31. The summed E-state index contributed by atoms with van der Waals surface area (Å²) in [5, 5.41) is 2.02. The van der Waals surface area contributed by atoms with Gasteiger partial charge >= 0.3 is 0 Å². The number of hydrogen-bond donors (Lipinski definition) is 1. The number of carbonyl (C=O) groups excluding carboxylic acids is 1. The largest absolute Gasteiger partial charge is 0.340 e. The summed E-state index contributed by atoms with van der Waals surface area (Å²) >= 11 is 1.65. The van der Waals surface area contributed by atoms with E-state index in [0.29, 0.717) is 19.0 Å². The minimum absolute atomic E-state index is 0.248. The Morgan fingerprint density at radius 3 is 2.72 bits per heavy atom. The number of piperazine rings is 1. The highest BCUT2D eigenvalue weighted by atomic mass is 32.1. The van der Waals surface area contributed by atoms with Crippen LogP contribution in [0.4, 0.5) is 0 Å². The number of rotatable bonds is 4. The van der Waals surface area contributed by atoms with Crippen molar-refractivity contribution in [2.45, 2.75) is 19.4 Å². The molecule has 0 spiro atoms. The zero-order valence-electron chi connectivity index (χ0n) is 10.8. The molecule has 1 atom stereocenters. The number of nitrogens with zero attached hydrogens (tertiary/aromatic N) is 2. The molecule has 2 N–H and O–H groups in total. The van der Waals surface area contributed by atoms with Gasteiger partial charge in [0.25, 0.3) is 0 Å². The van der Waals surface area contributed by atoms with Gasteiger partial charge < -0.3 is 10.6 Å². The molecule has 1 aromatic heterocycles. The van der Waals surface area contributed by atoms with E-state index in [1.807, 2.05) is 22.4 Å². The van der Waals surface area contributed by atoms with Crippen LogP contribution >= 0.6 is 11.3 Å². The smallest absolute Gasteiger partial charge is 0.227 e. The molecule has 2 heterocycles. The summed E-state index contributed by atoms with van der Waals surface area (Å²) in [5.41, 5.74) is 5.67. The van der Waals surface area contributed by atoms with Gasteiger partial charge in [-0.1, -0.05) is 6.07 Å². The lowest BCUT2D eigenvalue weighted by Gasteiger charge is -2.37. The lowest BCUT2D eigenvalue weighted by molar-refractivity contribution is -0.132. The van der Waals surface area contributed by atoms with Gasteiger partial charge in [0.2, 0.25) is 5.91 Å². The first-order valence-corrected chi connectivity index (χ1v) is 7.33. The molecular weight excluding hydrogens is 246 g/mol. The molecule has 1 aliphatic rings. The summed E-state index contributed by atoms with van der Waals surface area (Å²) in [6, 6.07) is 4.43. The molecule has 0 bridgehead atoms. The Kier molecular flexibility index (Phi) is 4.74. The summed E-state index contributed by atoms with van der Waals surface area (Å²) in [5.74, 6) is 0.248. The van der Waals surface area contributed by atoms with Crippen LogP contribution in [0, 0.1) is 0 Å². The van der Waals surface area contributed by atoms with E-state index in [-0.39, 0.29) is 5.91 Å². The first-order valence-electron chi connectivity index (χ1n) is 6.45. The second-order valence-corrected chi connectivity index (χ2v) is 5.79. The topological polar surface area (TPSA) is 49.6 Å². The van der Waals surface area contributed by atoms with Crippen LogP contribution in [0.3, 0.4) is 0 Å². The van der Waals surface area contributed by atoms with Gasteiger partial charge in [0.15, 0.2) is 0 Å². The molecule has 0 radical (unpaired) electrons. The molecule has 1 unspecified atom stereocenters. The van der Waals surface area contributed by atoms with Crippen molar-refractivity contribution in [2.75, 3.05) is 32.7 Å². The molecule has 0 aromatic carbocycles. The van der Waals surface area contributed by atoms with Crippen molar-refractivity contribution in [1.82, 2.24) is 9.80 Å². The molecular formula is C13H21N3OS. The third-order valence-electron chi connectivity index (χ3n) is 3.54. The van der Waals surface area contributed by atoms with Crippen molar-refractivity contribution in [3.8, 4) is 0 Å². The Balaban J connectivity index is 1.80. The van der Waals surface area contributed by atoms with Crippen LogP contribution in [-0.2, 0) is 11.2 Å². The summed E-state index contributed by atoms with van der Waals surface area (Å²) in [4.78, 5) is 17.6. The number of hydrogen-bond acceptors (Lipinski definition) is 4. The second-order valence-electron chi connectivity index (χ2n) is 4.76. The predicted molar refractivity (Wildman–Crippen MR) is 74.7 cm³/mol. The number of thiophene rings is 1. The van der Waals surface area contributed by atoms with Crippen LogP contribution in [0.15, 0.2) is 17.5 Å². The second kappa shape index (κ2) is 6.31. The molecule has 100 valence electrons. The Hall–Kier alpha value is -0.910. The lowest BCUT2D eigenvalue weighted by Crippen LogP contribution is -2.53. The van der Waals surface area contributed by atoms with Crippen molar-refractivity contribution in [3.63, 3.8) is 0 Å². The summed E-state index contributed by atoms with van der Waals surface area (Å²) in [6.07, 6.45) is 0.546. The Morgan fingerprint density at radius 1 is 1.44 bits per heavy atom. The van der Waals surface area contributed by atoms with Gasteiger partial charge in [-0.05, 0) is 18.4 Å². The maximum atomic E-state index is 12.1. The quantitative estimate of drug-likeness (QED) is 0.877. The van der Waals surface area contributed by atoms with Crippen molar-refractivity contribution < 1.29 is 4.79 Å². The zero-order valence-corrected chi connectivity index (χ0v) is 11.7. The fourth-order valence-electron chi connectivity index (χ4n) is 2.24. The van der Waals surface area contributed by atoms with Crippen LogP contribution in [0.5, 0.6) is 0 Å². The van der Waals surface area contributed by atoms with Crippen LogP contribution in [-0.4, -0.2) is 54.5 Å². The summed E-state index contributed by atoms with van der Waals surface area (Å²) in [7, 11) is 0. The molecule has 1 aliphatic heterocycles. The fourth-order valence-corrected chi connectivity index (χ4v) is 2.93. The molecule has 4 nitrogen and oxygen atoms in total. The molecule has 0 saturated carbocycles. The van der Waals surface area contributed by atoms with Crippen molar-refractivity contribution in [3.05, 3.63) is 22.4 Å². The predicted octanol–water partition coefficient (Wildman–Crippen LogP) is 0.782. The summed E-state index contributed by atoms with van der Waals surface area (Å²) < 4.78 is 0. The van der Waals surface area contributed by atoms with Gasteiger partial charge in [-0.2, -0.15) is 0 Å². The van der Waals surface area contributed by atoms with Crippen molar-refractivity contribution in [1.29, 1.82) is 0 Å². The van der Waals surface area contributed by atoms with E-state index >= 15 is 0 Å². The Morgan fingerprint density at radius 2 is 2.17 bits per heavy atom. The van der Waals surface area contributed by atoms with Crippen molar-refractivity contribution in [2.24, 2.45) is 5.73 Å². The molecule has 18 heavy (non-hydrogen) atoms. The average Bonchev–Trinajstić information content (AvgIpc) is 2.91. The zero-order chi connectivity index (χ0) is 13.0. The number of nitrogens with two attached hydrogens (primary N) is 1. The van der Waals surface area contributed by atoms with Crippen LogP contribution in [0.2, 0.25) is 0 Å². The molecule has 1 saturated heterocycles. The maximum absolute atomic E-state index is 12.1.